The zero-order valence-corrected chi connectivity index (χ0v) is 35.8. The van der Waals surface area contributed by atoms with Gasteiger partial charge in [0.25, 0.3) is 17.4 Å². The van der Waals surface area contributed by atoms with E-state index in [2.05, 4.69) is 20.0 Å². The first-order chi connectivity index (χ1) is 29.5. The van der Waals surface area contributed by atoms with Crippen molar-refractivity contribution in [1.29, 1.82) is 0 Å². The number of amides is 4. The molecule has 1 saturated carbocycles. The number of Topliss-reactive ketones (excluding diaryl/α,β-unsaturated/α-hetero) is 2. The van der Waals surface area contributed by atoms with E-state index in [1.54, 1.807) is 49.9 Å². The molecule has 2 saturated heterocycles. The van der Waals surface area contributed by atoms with Crippen LogP contribution in [-0.4, -0.2) is 133 Å². The first-order valence-corrected chi connectivity index (χ1v) is 21.7. The molecular formula is C46H57N7O8. The highest BCUT2D eigenvalue weighted by atomic mass is 16.5. The molecular weight excluding hydrogens is 779 g/mol. The molecule has 0 radical (unpaired) electrons. The molecule has 15 nitrogen and oxygen atoms in total. The van der Waals surface area contributed by atoms with Crippen molar-refractivity contribution in [2.24, 2.45) is 13.0 Å². The molecule has 4 aliphatic heterocycles. The van der Waals surface area contributed by atoms with E-state index in [1.807, 2.05) is 24.4 Å². The van der Waals surface area contributed by atoms with Crippen LogP contribution in [0.5, 0.6) is 11.5 Å². The van der Waals surface area contributed by atoms with Crippen molar-refractivity contribution in [3.8, 4) is 22.6 Å². The lowest BCUT2D eigenvalue weighted by molar-refractivity contribution is -0.132. The number of likely N-dealkylation sites (tertiary alicyclic amines) is 1. The van der Waals surface area contributed by atoms with Gasteiger partial charge in [-0.05, 0) is 112 Å². The second-order valence-electron chi connectivity index (χ2n) is 17.1. The molecule has 0 bridgehead atoms. The minimum absolute atomic E-state index is 0.0967. The molecule has 3 fully saturated rings. The number of carbonyl (C=O) groups is 5. The fourth-order valence-corrected chi connectivity index (χ4v) is 10.0. The largest absolute Gasteiger partial charge is 0.496 e. The smallest absolute Gasteiger partial charge is 0.317 e. The van der Waals surface area contributed by atoms with E-state index in [4.69, 9.17) is 9.47 Å². The number of rotatable bonds is 10. The normalized spacial score (nSPS) is 20.5. The Bertz CT molecular complexity index is 2270. The predicted octanol–water partition coefficient (Wildman–Crippen LogP) is 3.87. The molecule has 1 atom stereocenters. The van der Waals surface area contributed by atoms with Crippen LogP contribution >= 0.6 is 0 Å². The van der Waals surface area contributed by atoms with Gasteiger partial charge in [0.2, 0.25) is 0 Å². The number of hydrogen-bond donors (Lipinski definition) is 1. The lowest BCUT2D eigenvalue weighted by Gasteiger charge is -2.34. The number of nitrogens with one attached hydrogen (secondary N) is 1. The second kappa shape index (κ2) is 17.8. The molecule has 15 heteroatoms. The van der Waals surface area contributed by atoms with E-state index < -0.39 is 17.9 Å². The molecule has 1 N–H and O–H groups in total. The number of anilines is 1. The van der Waals surface area contributed by atoms with Crippen LogP contribution in [0.4, 0.5) is 10.5 Å². The summed E-state index contributed by atoms with van der Waals surface area (Å²) >= 11 is 0. The Balaban J connectivity index is 0.849. The average Bonchev–Trinajstić information content (AvgIpc) is 3.39. The van der Waals surface area contributed by atoms with Crippen LogP contribution in [-0.2, 0) is 36.1 Å². The van der Waals surface area contributed by atoms with Gasteiger partial charge < -0.3 is 34.1 Å². The van der Waals surface area contributed by atoms with E-state index in [0.717, 1.165) is 116 Å². The Morgan fingerprint density at radius 1 is 0.787 bits per heavy atom. The highest BCUT2D eigenvalue weighted by Crippen LogP contribution is 2.39. The lowest BCUT2D eigenvalue weighted by Crippen LogP contribution is -2.47. The molecule has 8 rings (SSSR count). The Kier molecular flexibility index (Phi) is 12.3. The van der Waals surface area contributed by atoms with Gasteiger partial charge in [0.05, 0.1) is 49.9 Å². The van der Waals surface area contributed by atoms with Gasteiger partial charge in [-0.2, -0.15) is 0 Å². The first-order valence-electron chi connectivity index (χ1n) is 21.7. The number of ketones is 2. The third kappa shape index (κ3) is 8.41. The van der Waals surface area contributed by atoms with Crippen LogP contribution in [0.15, 0.2) is 41.3 Å². The number of fused-ring (bicyclic) bond motifs is 2. The number of piperidine rings is 1. The lowest BCUT2D eigenvalue weighted by atomic mass is 9.91. The summed E-state index contributed by atoms with van der Waals surface area (Å²) < 4.78 is 13.6. The molecule has 0 spiro atoms. The average molecular weight is 836 g/mol. The van der Waals surface area contributed by atoms with Crippen molar-refractivity contribution in [3.05, 3.63) is 74.7 Å². The summed E-state index contributed by atoms with van der Waals surface area (Å²) in [5.41, 5.74) is 5.92. The number of pyridine rings is 1. The minimum atomic E-state index is -0.865. The molecule has 324 valence electrons. The number of carbonyl (C=O) groups excluding carboxylic acids is 5. The van der Waals surface area contributed by atoms with Crippen LogP contribution < -0.4 is 25.2 Å². The van der Waals surface area contributed by atoms with E-state index >= 15 is 0 Å². The SMILES string of the molecule is CNC(=O)N1CCc2c(-c3cc(OC)c(CN4CCC(CCN5CCCN(c6ccc7c(c6)C(=O)N(C6CCC(=O)CC6=O)C7=O)CC5)CC4)c(OC)c3)cn(C)c(=O)c2C1. The van der Waals surface area contributed by atoms with Gasteiger partial charge in [-0.15, -0.1) is 0 Å². The summed E-state index contributed by atoms with van der Waals surface area (Å²) in [5.74, 6) is 0.736. The molecule has 4 amide bonds. The summed E-state index contributed by atoms with van der Waals surface area (Å²) in [6.45, 7) is 8.05. The molecule has 5 heterocycles. The maximum absolute atomic E-state index is 13.5. The zero-order valence-electron chi connectivity index (χ0n) is 35.8. The van der Waals surface area contributed by atoms with Gasteiger partial charge in [-0.1, -0.05) is 0 Å². The third-order valence-corrected chi connectivity index (χ3v) is 13.5. The number of ether oxygens (including phenoxy) is 2. The quantitative estimate of drug-likeness (QED) is 0.234. The van der Waals surface area contributed by atoms with Crippen molar-refractivity contribution in [1.82, 2.24) is 29.5 Å². The fourth-order valence-electron chi connectivity index (χ4n) is 10.0. The molecule has 3 aromatic rings. The molecule has 1 unspecified atom stereocenters. The maximum atomic E-state index is 13.5. The van der Waals surface area contributed by atoms with Gasteiger partial charge in [0, 0.05) is 76.3 Å². The Hall–Kier alpha value is -5.54. The third-order valence-electron chi connectivity index (χ3n) is 13.5. The van der Waals surface area contributed by atoms with Crippen LogP contribution in [0.25, 0.3) is 11.1 Å². The standard InChI is InChI=1S/C46H57N7O8/c1-47-46(59)52-19-13-33-36(26-48(2)43(56)37(33)28-52)30-22-41(60-3)38(42(23-30)61-4)27-50-17-11-29(12-18-50)10-16-49-14-5-15-51(21-20-49)31-6-8-34-35(24-31)45(58)53(44(34)57)39-9-7-32(54)25-40(39)55/h6,8,22-24,26,29,39H,5,7,9-21,25,27-28H2,1-4H3,(H,47,59). The summed E-state index contributed by atoms with van der Waals surface area (Å²) in [4.78, 5) is 86.7. The van der Waals surface area contributed by atoms with Gasteiger partial charge in [-0.3, -0.25) is 33.8 Å². The van der Waals surface area contributed by atoms with Crippen LogP contribution in [0, 0.1) is 5.92 Å². The number of hydrogen-bond acceptors (Lipinski definition) is 11. The molecule has 2 aromatic carbocycles. The van der Waals surface area contributed by atoms with Crippen LogP contribution in [0.2, 0.25) is 0 Å². The molecule has 5 aliphatic rings. The number of aryl methyl sites for hydroxylation is 1. The summed E-state index contributed by atoms with van der Waals surface area (Å²) in [7, 11) is 6.71. The zero-order chi connectivity index (χ0) is 42.9. The molecule has 61 heavy (non-hydrogen) atoms. The summed E-state index contributed by atoms with van der Waals surface area (Å²) in [5, 5.41) is 2.67. The monoisotopic (exact) mass is 835 g/mol. The second-order valence-corrected chi connectivity index (χ2v) is 17.1. The fraction of sp³-hybridized carbons (Fsp3) is 0.522. The Morgan fingerprint density at radius 3 is 2.23 bits per heavy atom. The van der Waals surface area contributed by atoms with E-state index in [-0.39, 0.29) is 49.0 Å². The minimum Gasteiger partial charge on any atom is -0.496 e. The van der Waals surface area contributed by atoms with Crippen molar-refractivity contribution in [2.45, 2.75) is 70.5 Å². The number of benzene rings is 2. The van der Waals surface area contributed by atoms with Gasteiger partial charge in [0.15, 0.2) is 5.78 Å². The van der Waals surface area contributed by atoms with E-state index in [0.29, 0.717) is 42.1 Å². The van der Waals surface area contributed by atoms with Gasteiger partial charge >= 0.3 is 6.03 Å². The Morgan fingerprint density at radius 2 is 1.52 bits per heavy atom. The highest BCUT2D eigenvalue weighted by molar-refractivity contribution is 6.24. The first kappa shape index (κ1) is 42.2. The molecule has 1 aliphatic carbocycles. The van der Waals surface area contributed by atoms with Crippen LogP contribution in [0.3, 0.4) is 0 Å². The van der Waals surface area contributed by atoms with Crippen molar-refractivity contribution in [3.63, 3.8) is 0 Å². The van der Waals surface area contributed by atoms with Gasteiger partial charge in [0.1, 0.15) is 17.3 Å². The number of aromatic nitrogens is 1. The van der Waals surface area contributed by atoms with Gasteiger partial charge in [-0.25, -0.2) is 4.79 Å². The topological polar surface area (TPSA) is 154 Å². The highest BCUT2D eigenvalue weighted by Gasteiger charge is 2.44. The number of nitrogens with zero attached hydrogens (tertiary/aromatic N) is 6. The summed E-state index contributed by atoms with van der Waals surface area (Å²) in [6, 6.07) is 8.46. The van der Waals surface area contributed by atoms with Crippen molar-refractivity contribution < 1.29 is 33.4 Å². The number of methoxy groups -OCH3 is 2. The van der Waals surface area contributed by atoms with E-state index in [9.17, 15) is 28.8 Å². The van der Waals surface area contributed by atoms with Crippen LogP contribution in [0.1, 0.15) is 82.4 Å². The predicted molar refractivity (Wildman–Crippen MR) is 229 cm³/mol. The Labute approximate surface area is 356 Å². The van der Waals surface area contributed by atoms with Crippen molar-refractivity contribution >= 4 is 35.1 Å². The summed E-state index contributed by atoms with van der Waals surface area (Å²) in [6.07, 6.45) is 6.98. The number of imide groups is 1. The maximum Gasteiger partial charge on any atom is 0.317 e. The van der Waals surface area contributed by atoms with Crippen molar-refractivity contribution in [2.75, 3.05) is 78.5 Å². The van der Waals surface area contributed by atoms with E-state index in [1.165, 1.54) is 0 Å². The number of urea groups is 1. The molecule has 1 aromatic heterocycles.